The van der Waals surface area contributed by atoms with Crippen LogP contribution in [0.1, 0.15) is 17.9 Å². The predicted octanol–water partition coefficient (Wildman–Crippen LogP) is 2.95. The topological polar surface area (TPSA) is 46.5 Å². The average molecular weight is 266 g/mol. The number of ether oxygens (including phenoxy) is 1. The standard InChI is InChI=1S/C11H10F4O3/c1-18-6-2-3-7(9(12)4-6)8(5-10(16)17)11(13,14)15/h2-4,8H,5H2,1H3,(H,16,17). The van der Waals surface area contributed by atoms with Gasteiger partial charge in [0.1, 0.15) is 11.6 Å². The highest BCUT2D eigenvalue weighted by Gasteiger charge is 2.43. The molecule has 0 heterocycles. The van der Waals surface area contributed by atoms with E-state index in [0.29, 0.717) is 0 Å². The SMILES string of the molecule is COc1ccc(C(CC(=O)O)C(F)(F)F)c(F)c1. The molecule has 0 aliphatic carbocycles. The summed E-state index contributed by atoms with van der Waals surface area (Å²) in [5.41, 5.74) is -0.703. The molecule has 0 bridgehead atoms. The molecule has 0 amide bonds. The first-order valence-electron chi connectivity index (χ1n) is 4.87. The lowest BCUT2D eigenvalue weighted by molar-refractivity contribution is -0.163. The molecule has 1 aromatic carbocycles. The van der Waals surface area contributed by atoms with Crippen LogP contribution in [0.5, 0.6) is 5.75 Å². The summed E-state index contributed by atoms with van der Waals surface area (Å²) >= 11 is 0. The summed E-state index contributed by atoms with van der Waals surface area (Å²) in [6.45, 7) is 0. The highest BCUT2D eigenvalue weighted by atomic mass is 19.4. The highest BCUT2D eigenvalue weighted by molar-refractivity contribution is 5.68. The number of alkyl halides is 3. The molecule has 1 rings (SSSR count). The molecule has 0 fully saturated rings. The molecule has 0 saturated carbocycles. The van der Waals surface area contributed by atoms with Crippen molar-refractivity contribution in [3.8, 4) is 5.75 Å². The summed E-state index contributed by atoms with van der Waals surface area (Å²) in [5.74, 6) is -5.10. The van der Waals surface area contributed by atoms with E-state index in [1.807, 2.05) is 0 Å². The van der Waals surface area contributed by atoms with Crippen LogP contribution in [0, 0.1) is 5.82 Å². The number of hydrogen-bond acceptors (Lipinski definition) is 2. The summed E-state index contributed by atoms with van der Waals surface area (Å²) in [7, 11) is 1.24. The normalized spacial score (nSPS) is 13.2. The van der Waals surface area contributed by atoms with E-state index in [1.54, 1.807) is 0 Å². The third kappa shape index (κ3) is 3.35. The van der Waals surface area contributed by atoms with Gasteiger partial charge in [-0.25, -0.2) is 4.39 Å². The van der Waals surface area contributed by atoms with Gasteiger partial charge in [0.05, 0.1) is 19.4 Å². The van der Waals surface area contributed by atoms with Gasteiger partial charge in [-0.2, -0.15) is 13.2 Å². The largest absolute Gasteiger partial charge is 0.497 e. The van der Waals surface area contributed by atoms with Gasteiger partial charge in [0.15, 0.2) is 0 Å². The second-order valence-corrected chi connectivity index (χ2v) is 3.58. The molecule has 0 aromatic heterocycles. The Labute approximate surface area is 100.0 Å². The molecule has 0 aliphatic heterocycles. The van der Waals surface area contributed by atoms with Crippen molar-refractivity contribution in [3.05, 3.63) is 29.6 Å². The van der Waals surface area contributed by atoms with Crippen molar-refractivity contribution in [1.82, 2.24) is 0 Å². The monoisotopic (exact) mass is 266 g/mol. The van der Waals surface area contributed by atoms with E-state index in [1.165, 1.54) is 7.11 Å². The molecule has 1 N–H and O–H groups in total. The van der Waals surface area contributed by atoms with Crippen molar-refractivity contribution < 1.29 is 32.2 Å². The van der Waals surface area contributed by atoms with Gasteiger partial charge < -0.3 is 9.84 Å². The molecule has 0 radical (unpaired) electrons. The second kappa shape index (κ2) is 5.24. The Morgan fingerprint density at radius 1 is 1.44 bits per heavy atom. The zero-order valence-corrected chi connectivity index (χ0v) is 9.29. The lowest BCUT2D eigenvalue weighted by atomic mass is 9.94. The lowest BCUT2D eigenvalue weighted by Gasteiger charge is -2.19. The van der Waals surface area contributed by atoms with E-state index in [2.05, 4.69) is 4.74 Å². The number of methoxy groups -OCH3 is 1. The Morgan fingerprint density at radius 3 is 2.44 bits per heavy atom. The van der Waals surface area contributed by atoms with E-state index in [4.69, 9.17) is 5.11 Å². The Morgan fingerprint density at radius 2 is 2.06 bits per heavy atom. The zero-order valence-electron chi connectivity index (χ0n) is 9.29. The van der Waals surface area contributed by atoms with Crippen LogP contribution >= 0.6 is 0 Å². The Hall–Kier alpha value is -1.79. The molecule has 18 heavy (non-hydrogen) atoms. The van der Waals surface area contributed by atoms with Crippen LogP contribution in [-0.4, -0.2) is 24.4 Å². The number of aliphatic carboxylic acids is 1. The molecule has 0 saturated heterocycles. The first-order chi connectivity index (χ1) is 8.25. The molecule has 1 unspecified atom stereocenters. The van der Waals surface area contributed by atoms with Crippen LogP contribution in [0.4, 0.5) is 17.6 Å². The van der Waals surface area contributed by atoms with Crippen molar-refractivity contribution in [1.29, 1.82) is 0 Å². The molecule has 0 spiro atoms. The number of carbonyl (C=O) groups is 1. The highest BCUT2D eigenvalue weighted by Crippen LogP contribution is 2.39. The smallest absolute Gasteiger partial charge is 0.396 e. The minimum absolute atomic E-state index is 0.0625. The average Bonchev–Trinajstić information content (AvgIpc) is 2.24. The Kier molecular flexibility index (Phi) is 4.15. The fourth-order valence-electron chi connectivity index (χ4n) is 1.49. The van der Waals surface area contributed by atoms with Crippen LogP contribution in [0.3, 0.4) is 0 Å². The number of hydrogen-bond donors (Lipinski definition) is 1. The van der Waals surface area contributed by atoms with Gasteiger partial charge in [0.25, 0.3) is 0 Å². The van der Waals surface area contributed by atoms with E-state index in [-0.39, 0.29) is 5.75 Å². The fraction of sp³-hybridized carbons (Fsp3) is 0.364. The number of benzene rings is 1. The number of halogens is 4. The van der Waals surface area contributed by atoms with Crippen molar-refractivity contribution in [2.24, 2.45) is 0 Å². The van der Waals surface area contributed by atoms with Gasteiger partial charge in [0.2, 0.25) is 0 Å². The maximum absolute atomic E-state index is 13.5. The quantitative estimate of drug-likeness (QED) is 0.852. The van der Waals surface area contributed by atoms with Crippen LogP contribution < -0.4 is 4.74 Å². The fourth-order valence-corrected chi connectivity index (χ4v) is 1.49. The van der Waals surface area contributed by atoms with Crippen molar-refractivity contribution >= 4 is 5.97 Å². The van der Waals surface area contributed by atoms with Gasteiger partial charge in [-0.1, -0.05) is 6.07 Å². The zero-order chi connectivity index (χ0) is 13.9. The molecule has 1 aromatic rings. The van der Waals surface area contributed by atoms with Crippen LogP contribution in [0.15, 0.2) is 18.2 Å². The maximum Gasteiger partial charge on any atom is 0.396 e. The van der Waals surface area contributed by atoms with E-state index < -0.39 is 35.9 Å². The van der Waals surface area contributed by atoms with Crippen molar-refractivity contribution in [3.63, 3.8) is 0 Å². The molecule has 0 aliphatic rings. The molecule has 7 heteroatoms. The number of carboxylic acid groups (broad SMARTS) is 1. The third-order valence-corrected chi connectivity index (χ3v) is 2.36. The van der Waals surface area contributed by atoms with Crippen molar-refractivity contribution in [2.75, 3.05) is 7.11 Å². The maximum atomic E-state index is 13.5. The number of carboxylic acids is 1. The van der Waals surface area contributed by atoms with Gasteiger partial charge in [-0.05, 0) is 6.07 Å². The van der Waals surface area contributed by atoms with Crippen LogP contribution in [0.25, 0.3) is 0 Å². The first kappa shape index (κ1) is 14.3. The van der Waals surface area contributed by atoms with E-state index in [9.17, 15) is 22.4 Å². The molecular weight excluding hydrogens is 256 g/mol. The van der Waals surface area contributed by atoms with Crippen LogP contribution in [0.2, 0.25) is 0 Å². The Balaban J connectivity index is 3.17. The van der Waals surface area contributed by atoms with Gasteiger partial charge in [0, 0.05) is 11.6 Å². The first-order valence-corrected chi connectivity index (χ1v) is 4.87. The molecule has 100 valence electrons. The lowest BCUT2D eigenvalue weighted by Crippen LogP contribution is -2.24. The molecule has 1 atom stereocenters. The Bertz CT molecular complexity index is 442. The summed E-state index contributed by atoms with van der Waals surface area (Å²) in [5, 5.41) is 8.45. The van der Waals surface area contributed by atoms with Gasteiger partial charge in [-0.3, -0.25) is 4.79 Å². The van der Waals surface area contributed by atoms with Gasteiger partial charge >= 0.3 is 12.1 Å². The molecular formula is C11H10F4O3. The van der Waals surface area contributed by atoms with E-state index >= 15 is 0 Å². The summed E-state index contributed by atoms with van der Waals surface area (Å²) < 4.78 is 56.2. The van der Waals surface area contributed by atoms with E-state index in [0.717, 1.165) is 18.2 Å². The molecule has 3 nitrogen and oxygen atoms in total. The summed E-state index contributed by atoms with van der Waals surface area (Å²) in [6, 6.07) is 2.82. The predicted molar refractivity (Wildman–Crippen MR) is 54.0 cm³/mol. The minimum Gasteiger partial charge on any atom is -0.497 e. The minimum atomic E-state index is -4.83. The van der Waals surface area contributed by atoms with Gasteiger partial charge in [-0.15, -0.1) is 0 Å². The third-order valence-electron chi connectivity index (χ3n) is 2.36. The summed E-state index contributed by atoms with van der Waals surface area (Å²) in [4.78, 5) is 10.4. The summed E-state index contributed by atoms with van der Waals surface area (Å²) in [6.07, 6.45) is -6.04. The number of rotatable bonds is 4. The second-order valence-electron chi connectivity index (χ2n) is 3.58. The van der Waals surface area contributed by atoms with Crippen molar-refractivity contribution in [2.45, 2.75) is 18.5 Å². The van der Waals surface area contributed by atoms with Crippen LogP contribution in [-0.2, 0) is 4.79 Å².